The van der Waals surface area contributed by atoms with Crippen LogP contribution in [0.25, 0.3) is 0 Å². The van der Waals surface area contributed by atoms with Crippen molar-refractivity contribution < 1.29 is 9.13 Å². The van der Waals surface area contributed by atoms with Crippen molar-refractivity contribution in [2.75, 3.05) is 7.11 Å². The van der Waals surface area contributed by atoms with Crippen LogP contribution < -0.4 is 4.74 Å². The van der Waals surface area contributed by atoms with Crippen LogP contribution in [0.15, 0.2) is 18.2 Å². The molecule has 1 nitrogen and oxygen atoms in total. The summed E-state index contributed by atoms with van der Waals surface area (Å²) >= 11 is 4.19. The highest BCUT2D eigenvalue weighted by Crippen LogP contribution is 2.24. The first-order valence-corrected chi connectivity index (χ1v) is 4.18. The second-order valence-electron chi connectivity index (χ2n) is 2.57. The Hall–Kier alpha value is -0.700. The highest BCUT2D eigenvalue weighted by atomic mass is 32.1. The van der Waals surface area contributed by atoms with Gasteiger partial charge in [-0.05, 0) is 24.6 Å². The van der Waals surface area contributed by atoms with E-state index in [1.807, 2.05) is 6.92 Å². The molecule has 0 saturated carbocycles. The van der Waals surface area contributed by atoms with Gasteiger partial charge in [0.15, 0.2) is 11.6 Å². The van der Waals surface area contributed by atoms with Gasteiger partial charge in [0.1, 0.15) is 0 Å². The van der Waals surface area contributed by atoms with Crippen molar-refractivity contribution in [3.63, 3.8) is 0 Å². The molecule has 66 valence electrons. The normalized spacial score (nSPS) is 12.7. The maximum absolute atomic E-state index is 13.1. The Morgan fingerprint density at radius 2 is 2.17 bits per heavy atom. The van der Waals surface area contributed by atoms with Crippen molar-refractivity contribution in [3.8, 4) is 5.75 Å². The average molecular weight is 186 g/mol. The van der Waals surface area contributed by atoms with Crippen LogP contribution in [-0.2, 0) is 0 Å². The zero-order valence-corrected chi connectivity index (χ0v) is 7.94. The summed E-state index contributed by atoms with van der Waals surface area (Å²) in [5.41, 5.74) is 0.858. The Morgan fingerprint density at radius 3 is 2.58 bits per heavy atom. The van der Waals surface area contributed by atoms with E-state index in [1.165, 1.54) is 13.2 Å². The quantitative estimate of drug-likeness (QED) is 0.699. The van der Waals surface area contributed by atoms with Crippen molar-refractivity contribution >= 4 is 12.6 Å². The fraction of sp³-hybridized carbons (Fsp3) is 0.333. The lowest BCUT2D eigenvalue weighted by molar-refractivity contribution is 0.386. The van der Waals surface area contributed by atoms with Crippen LogP contribution in [0.1, 0.15) is 17.7 Å². The largest absolute Gasteiger partial charge is 0.494 e. The van der Waals surface area contributed by atoms with Gasteiger partial charge in [0, 0.05) is 5.25 Å². The molecule has 1 unspecified atom stereocenters. The summed E-state index contributed by atoms with van der Waals surface area (Å²) in [6.07, 6.45) is 0. The van der Waals surface area contributed by atoms with Gasteiger partial charge in [-0.3, -0.25) is 0 Å². The van der Waals surface area contributed by atoms with E-state index < -0.39 is 0 Å². The number of methoxy groups -OCH3 is 1. The van der Waals surface area contributed by atoms with E-state index in [2.05, 4.69) is 12.6 Å². The number of hydrogen-bond donors (Lipinski definition) is 1. The fourth-order valence-corrected chi connectivity index (χ4v) is 1.10. The van der Waals surface area contributed by atoms with Crippen LogP contribution in [-0.4, -0.2) is 7.11 Å². The van der Waals surface area contributed by atoms with Gasteiger partial charge in [-0.15, -0.1) is 0 Å². The van der Waals surface area contributed by atoms with Crippen LogP contribution in [0.2, 0.25) is 0 Å². The second kappa shape index (κ2) is 3.81. The molecule has 0 radical (unpaired) electrons. The van der Waals surface area contributed by atoms with Gasteiger partial charge >= 0.3 is 0 Å². The Balaban J connectivity index is 3.02. The first-order valence-electron chi connectivity index (χ1n) is 3.66. The molecular formula is C9H11FOS. The van der Waals surface area contributed by atoms with Gasteiger partial charge in [-0.1, -0.05) is 6.07 Å². The minimum Gasteiger partial charge on any atom is -0.494 e. The van der Waals surface area contributed by atoms with Crippen LogP contribution >= 0.6 is 12.6 Å². The predicted octanol–water partition coefficient (Wildman–Crippen LogP) is 2.83. The minimum absolute atomic E-state index is 0.0467. The lowest BCUT2D eigenvalue weighted by Gasteiger charge is -2.06. The number of ether oxygens (including phenoxy) is 1. The fourth-order valence-electron chi connectivity index (χ4n) is 0.942. The zero-order chi connectivity index (χ0) is 9.14. The van der Waals surface area contributed by atoms with Crippen molar-refractivity contribution in [2.45, 2.75) is 12.2 Å². The molecule has 12 heavy (non-hydrogen) atoms. The van der Waals surface area contributed by atoms with Gasteiger partial charge in [0.2, 0.25) is 0 Å². The highest BCUT2D eigenvalue weighted by molar-refractivity contribution is 7.80. The molecule has 0 aliphatic rings. The number of thiol groups is 1. The molecule has 1 aromatic carbocycles. The molecule has 0 bridgehead atoms. The molecule has 0 heterocycles. The van der Waals surface area contributed by atoms with E-state index in [1.54, 1.807) is 12.1 Å². The lowest BCUT2D eigenvalue weighted by atomic mass is 10.1. The highest BCUT2D eigenvalue weighted by Gasteiger charge is 2.05. The standard InChI is InChI=1S/C9H11FOS/c1-6(12)7-3-4-9(11-2)8(10)5-7/h3-6,12H,1-2H3. The van der Waals surface area contributed by atoms with Gasteiger partial charge in [-0.25, -0.2) is 4.39 Å². The maximum atomic E-state index is 13.1. The first kappa shape index (κ1) is 9.39. The Kier molecular flexibility index (Phi) is 2.98. The summed E-state index contributed by atoms with van der Waals surface area (Å²) in [6, 6.07) is 4.85. The SMILES string of the molecule is COc1ccc(C(C)S)cc1F. The Morgan fingerprint density at radius 1 is 1.50 bits per heavy atom. The summed E-state index contributed by atoms with van der Waals surface area (Å²) in [5, 5.41) is 0.0467. The van der Waals surface area contributed by atoms with Gasteiger partial charge in [0.05, 0.1) is 7.11 Å². The van der Waals surface area contributed by atoms with Crippen molar-refractivity contribution in [1.29, 1.82) is 0 Å². The molecule has 0 saturated heterocycles. The third-order valence-corrected chi connectivity index (χ3v) is 1.96. The van der Waals surface area contributed by atoms with E-state index >= 15 is 0 Å². The molecule has 0 aliphatic heterocycles. The number of rotatable bonds is 2. The van der Waals surface area contributed by atoms with Crippen LogP contribution in [0.5, 0.6) is 5.75 Å². The van der Waals surface area contributed by atoms with E-state index in [-0.39, 0.29) is 16.8 Å². The van der Waals surface area contributed by atoms with Gasteiger partial charge in [0.25, 0.3) is 0 Å². The number of hydrogen-bond acceptors (Lipinski definition) is 2. The zero-order valence-electron chi connectivity index (χ0n) is 7.04. The van der Waals surface area contributed by atoms with Gasteiger partial charge < -0.3 is 4.74 Å². The summed E-state index contributed by atoms with van der Waals surface area (Å²) in [7, 11) is 1.45. The van der Waals surface area contributed by atoms with Crippen molar-refractivity contribution in [1.82, 2.24) is 0 Å². The number of benzene rings is 1. The average Bonchev–Trinajstić information content (AvgIpc) is 2.04. The smallest absolute Gasteiger partial charge is 0.165 e. The molecule has 0 aromatic heterocycles. The van der Waals surface area contributed by atoms with E-state index in [0.717, 1.165) is 5.56 Å². The van der Waals surface area contributed by atoms with Crippen LogP contribution in [0, 0.1) is 5.82 Å². The topological polar surface area (TPSA) is 9.23 Å². The third kappa shape index (κ3) is 1.91. The molecular weight excluding hydrogens is 175 g/mol. The Labute approximate surface area is 77.0 Å². The summed E-state index contributed by atoms with van der Waals surface area (Å²) in [6.45, 7) is 1.89. The van der Waals surface area contributed by atoms with Crippen molar-refractivity contribution in [2.24, 2.45) is 0 Å². The monoisotopic (exact) mass is 186 g/mol. The van der Waals surface area contributed by atoms with Gasteiger partial charge in [-0.2, -0.15) is 12.6 Å². The minimum atomic E-state index is -0.337. The lowest BCUT2D eigenvalue weighted by Crippen LogP contribution is -1.91. The van der Waals surface area contributed by atoms with Crippen molar-refractivity contribution in [3.05, 3.63) is 29.6 Å². The van der Waals surface area contributed by atoms with E-state index in [4.69, 9.17) is 4.74 Å². The molecule has 1 rings (SSSR count). The molecule has 1 atom stereocenters. The number of halogens is 1. The first-order chi connectivity index (χ1) is 5.65. The molecule has 3 heteroatoms. The molecule has 0 N–H and O–H groups in total. The summed E-state index contributed by atoms with van der Waals surface area (Å²) in [4.78, 5) is 0. The van der Waals surface area contributed by atoms with E-state index in [9.17, 15) is 4.39 Å². The molecule has 0 fully saturated rings. The maximum Gasteiger partial charge on any atom is 0.165 e. The molecule has 0 aliphatic carbocycles. The molecule has 0 amide bonds. The van der Waals surface area contributed by atoms with Crippen LogP contribution in [0.3, 0.4) is 0 Å². The molecule has 1 aromatic rings. The summed E-state index contributed by atoms with van der Waals surface area (Å²) in [5.74, 6) is -0.0661. The third-order valence-electron chi connectivity index (χ3n) is 1.66. The van der Waals surface area contributed by atoms with E-state index in [0.29, 0.717) is 0 Å². The van der Waals surface area contributed by atoms with Crippen LogP contribution in [0.4, 0.5) is 4.39 Å². The molecule has 0 spiro atoms. The predicted molar refractivity (Wildman–Crippen MR) is 50.4 cm³/mol. The second-order valence-corrected chi connectivity index (χ2v) is 3.34. The summed E-state index contributed by atoms with van der Waals surface area (Å²) < 4.78 is 17.8. The Bertz CT molecular complexity index is 273.